The van der Waals surface area contributed by atoms with Crippen LogP contribution in [0.5, 0.6) is 0 Å². The third kappa shape index (κ3) is 1.80. The summed E-state index contributed by atoms with van der Waals surface area (Å²) in [6.45, 7) is 3.65. The summed E-state index contributed by atoms with van der Waals surface area (Å²) < 4.78 is 0. The highest BCUT2D eigenvalue weighted by Crippen LogP contribution is 2.18. The lowest BCUT2D eigenvalue weighted by Crippen LogP contribution is -2.58. The van der Waals surface area contributed by atoms with Gasteiger partial charge in [-0.2, -0.15) is 0 Å². The van der Waals surface area contributed by atoms with Gasteiger partial charge in [-0.05, 0) is 20.0 Å². The minimum Gasteiger partial charge on any atom is -0.479 e. The van der Waals surface area contributed by atoms with Gasteiger partial charge in [-0.25, -0.2) is 9.59 Å². The zero-order valence-corrected chi connectivity index (χ0v) is 8.07. The Bertz CT molecular complexity index is 200. The second kappa shape index (κ2) is 4.23. The number of carboxylic acid groups (broad SMARTS) is 2. The maximum Gasteiger partial charge on any atom is 0.335 e. The van der Waals surface area contributed by atoms with Gasteiger partial charge in [-0.1, -0.05) is 13.8 Å². The van der Waals surface area contributed by atoms with Crippen molar-refractivity contribution in [3.8, 4) is 0 Å². The van der Waals surface area contributed by atoms with Gasteiger partial charge in [-0.3, -0.25) is 4.90 Å². The minimum absolute atomic E-state index is 0.0437. The van der Waals surface area contributed by atoms with E-state index >= 15 is 0 Å². The third-order valence-corrected chi connectivity index (χ3v) is 2.35. The lowest BCUT2D eigenvalue weighted by molar-refractivity contribution is -0.166. The van der Waals surface area contributed by atoms with Crippen LogP contribution < -0.4 is 0 Å². The molecule has 0 aromatic carbocycles. The molecule has 0 fully saturated rings. The van der Waals surface area contributed by atoms with Crippen LogP contribution in [0.3, 0.4) is 0 Å². The normalized spacial score (nSPS) is 11.7. The van der Waals surface area contributed by atoms with Crippen molar-refractivity contribution >= 4 is 11.9 Å². The molecule has 0 spiro atoms. The molecule has 0 rings (SSSR count). The highest BCUT2D eigenvalue weighted by Gasteiger charge is 2.48. The van der Waals surface area contributed by atoms with E-state index in [0.29, 0.717) is 6.54 Å². The molecule has 76 valence electrons. The molecule has 0 aromatic rings. The van der Waals surface area contributed by atoms with E-state index < -0.39 is 17.5 Å². The lowest BCUT2D eigenvalue weighted by atomic mass is 9.94. The number of rotatable bonds is 5. The molecule has 0 saturated heterocycles. The van der Waals surface area contributed by atoms with E-state index in [9.17, 15) is 9.59 Å². The number of likely N-dealkylation sites (N-methyl/N-ethyl adjacent to an activating group) is 1. The van der Waals surface area contributed by atoms with Gasteiger partial charge in [0.2, 0.25) is 5.54 Å². The number of carboxylic acids is 2. The van der Waals surface area contributed by atoms with Crippen molar-refractivity contribution in [3.05, 3.63) is 0 Å². The van der Waals surface area contributed by atoms with Crippen LogP contribution in [0.1, 0.15) is 20.3 Å². The Morgan fingerprint density at radius 3 is 1.69 bits per heavy atom. The van der Waals surface area contributed by atoms with E-state index in [1.807, 2.05) is 0 Å². The number of hydrogen-bond donors (Lipinski definition) is 2. The maximum absolute atomic E-state index is 10.9. The van der Waals surface area contributed by atoms with Gasteiger partial charge < -0.3 is 10.2 Å². The quantitative estimate of drug-likeness (QED) is 0.606. The van der Waals surface area contributed by atoms with Gasteiger partial charge in [0, 0.05) is 0 Å². The molecule has 5 nitrogen and oxygen atoms in total. The molecule has 0 unspecified atom stereocenters. The molecule has 0 aliphatic carbocycles. The Hall–Kier alpha value is -1.10. The number of aliphatic carboxylic acids is 2. The van der Waals surface area contributed by atoms with Crippen molar-refractivity contribution in [1.82, 2.24) is 4.90 Å². The first-order chi connectivity index (χ1) is 5.93. The van der Waals surface area contributed by atoms with E-state index in [2.05, 4.69) is 0 Å². The van der Waals surface area contributed by atoms with Gasteiger partial charge in [0.05, 0.1) is 0 Å². The second-order valence-corrected chi connectivity index (χ2v) is 2.84. The number of nitrogens with zero attached hydrogens (tertiary/aromatic N) is 1. The fraction of sp³-hybridized carbons (Fsp3) is 0.750. The average Bonchev–Trinajstić information content (AvgIpc) is 2.04. The van der Waals surface area contributed by atoms with E-state index in [0.717, 1.165) is 0 Å². The topological polar surface area (TPSA) is 77.8 Å². The molecular formula is C8H15NO4. The molecule has 0 heterocycles. The van der Waals surface area contributed by atoms with Crippen LogP contribution in [-0.4, -0.2) is 46.2 Å². The van der Waals surface area contributed by atoms with Crippen molar-refractivity contribution in [3.63, 3.8) is 0 Å². The highest BCUT2D eigenvalue weighted by molar-refractivity contribution is 6.03. The van der Waals surface area contributed by atoms with Crippen molar-refractivity contribution in [1.29, 1.82) is 0 Å². The summed E-state index contributed by atoms with van der Waals surface area (Å²) in [5, 5.41) is 17.7. The molecule has 0 saturated carbocycles. The SMILES string of the molecule is CCN(C)C(CC)(C(=O)O)C(=O)O. The molecular weight excluding hydrogens is 174 g/mol. The second-order valence-electron chi connectivity index (χ2n) is 2.84. The Balaban J connectivity index is 5.10. The Kier molecular flexibility index (Phi) is 3.87. The van der Waals surface area contributed by atoms with Crippen LogP contribution >= 0.6 is 0 Å². The standard InChI is InChI=1S/C8H15NO4/c1-4-8(6(10)11,7(12)13)9(3)5-2/h4-5H2,1-3H3,(H,10,11)(H,12,13). The maximum atomic E-state index is 10.9. The van der Waals surface area contributed by atoms with Gasteiger partial charge in [0.1, 0.15) is 0 Å². The van der Waals surface area contributed by atoms with E-state index in [1.165, 1.54) is 11.9 Å². The summed E-state index contributed by atoms with van der Waals surface area (Å²) in [4.78, 5) is 23.1. The zero-order valence-electron chi connectivity index (χ0n) is 8.07. The van der Waals surface area contributed by atoms with E-state index in [1.54, 1.807) is 13.8 Å². The van der Waals surface area contributed by atoms with Crippen molar-refractivity contribution in [2.24, 2.45) is 0 Å². The molecule has 0 aromatic heterocycles. The smallest absolute Gasteiger partial charge is 0.335 e. The van der Waals surface area contributed by atoms with Gasteiger partial charge in [0.15, 0.2) is 0 Å². The molecule has 0 aliphatic heterocycles. The molecule has 2 N–H and O–H groups in total. The summed E-state index contributed by atoms with van der Waals surface area (Å²) in [6.07, 6.45) is 0.0437. The first-order valence-corrected chi connectivity index (χ1v) is 4.11. The fourth-order valence-corrected chi connectivity index (χ4v) is 1.26. The number of hydrogen-bond acceptors (Lipinski definition) is 3. The minimum atomic E-state index is -1.78. The molecule has 0 atom stereocenters. The van der Waals surface area contributed by atoms with Gasteiger partial charge >= 0.3 is 11.9 Å². The van der Waals surface area contributed by atoms with Crippen molar-refractivity contribution in [2.75, 3.05) is 13.6 Å². The van der Waals surface area contributed by atoms with Crippen LogP contribution in [0.2, 0.25) is 0 Å². The van der Waals surface area contributed by atoms with Crippen LogP contribution in [0.4, 0.5) is 0 Å². The fourth-order valence-electron chi connectivity index (χ4n) is 1.26. The predicted molar refractivity (Wildman–Crippen MR) is 46.6 cm³/mol. The molecule has 5 heteroatoms. The summed E-state index contributed by atoms with van der Waals surface area (Å²) in [7, 11) is 1.49. The van der Waals surface area contributed by atoms with Crippen LogP contribution in [0.15, 0.2) is 0 Å². The third-order valence-electron chi connectivity index (χ3n) is 2.35. The predicted octanol–water partition coefficient (Wildman–Crippen LogP) is 0.256. The van der Waals surface area contributed by atoms with Gasteiger partial charge in [0.25, 0.3) is 0 Å². The number of carbonyl (C=O) groups is 2. The first kappa shape index (κ1) is 11.9. The monoisotopic (exact) mass is 189 g/mol. The van der Waals surface area contributed by atoms with E-state index in [-0.39, 0.29) is 6.42 Å². The van der Waals surface area contributed by atoms with Gasteiger partial charge in [-0.15, -0.1) is 0 Å². The average molecular weight is 189 g/mol. The molecule has 0 aliphatic rings. The molecule has 0 bridgehead atoms. The lowest BCUT2D eigenvalue weighted by Gasteiger charge is -2.32. The Morgan fingerprint density at radius 1 is 1.23 bits per heavy atom. The Labute approximate surface area is 77.0 Å². The van der Waals surface area contributed by atoms with Crippen molar-refractivity contribution in [2.45, 2.75) is 25.8 Å². The molecule has 0 amide bonds. The summed E-state index contributed by atoms with van der Waals surface area (Å²) in [5.74, 6) is -2.63. The summed E-state index contributed by atoms with van der Waals surface area (Å²) in [6, 6.07) is 0. The van der Waals surface area contributed by atoms with Crippen LogP contribution in [-0.2, 0) is 9.59 Å². The Morgan fingerprint density at radius 2 is 1.62 bits per heavy atom. The first-order valence-electron chi connectivity index (χ1n) is 4.11. The van der Waals surface area contributed by atoms with Crippen LogP contribution in [0, 0.1) is 0 Å². The highest BCUT2D eigenvalue weighted by atomic mass is 16.4. The van der Waals surface area contributed by atoms with Crippen molar-refractivity contribution < 1.29 is 19.8 Å². The molecule has 0 radical (unpaired) electrons. The molecule has 13 heavy (non-hydrogen) atoms. The van der Waals surface area contributed by atoms with Crippen LogP contribution in [0.25, 0.3) is 0 Å². The van der Waals surface area contributed by atoms with E-state index in [4.69, 9.17) is 10.2 Å². The summed E-state index contributed by atoms with van der Waals surface area (Å²) >= 11 is 0. The summed E-state index contributed by atoms with van der Waals surface area (Å²) in [5.41, 5.74) is -1.78. The largest absolute Gasteiger partial charge is 0.479 e. The zero-order chi connectivity index (χ0) is 10.6.